The van der Waals surface area contributed by atoms with Crippen LogP contribution in [0.4, 0.5) is 4.39 Å². The number of ketones is 1. The van der Waals surface area contributed by atoms with Crippen molar-refractivity contribution in [3.8, 4) is 0 Å². The summed E-state index contributed by atoms with van der Waals surface area (Å²) in [6, 6.07) is 26.2. The van der Waals surface area contributed by atoms with Crippen LogP contribution >= 0.6 is 0 Å². The standard InChI is InChI=1S/C24H21FO/c25-23-14-11-21(12-15-23)18-22(17-20-9-5-2-6-10-20)24(26)16-13-19-7-3-1-4-8-19/h1-16,22H,17-18H2. The summed E-state index contributed by atoms with van der Waals surface area (Å²) in [5, 5.41) is 0. The molecule has 0 aliphatic heterocycles. The van der Waals surface area contributed by atoms with Gasteiger partial charge >= 0.3 is 0 Å². The molecule has 1 unspecified atom stereocenters. The van der Waals surface area contributed by atoms with Crippen molar-refractivity contribution in [1.82, 2.24) is 0 Å². The zero-order valence-corrected chi connectivity index (χ0v) is 14.5. The fraction of sp³-hybridized carbons (Fsp3) is 0.125. The molecule has 0 saturated carbocycles. The van der Waals surface area contributed by atoms with Crippen molar-refractivity contribution in [1.29, 1.82) is 0 Å². The molecule has 0 aliphatic rings. The highest BCUT2D eigenvalue weighted by molar-refractivity contribution is 5.95. The summed E-state index contributed by atoms with van der Waals surface area (Å²) in [6.07, 6.45) is 4.76. The average Bonchev–Trinajstić information content (AvgIpc) is 2.69. The fourth-order valence-corrected chi connectivity index (χ4v) is 2.96. The van der Waals surface area contributed by atoms with Crippen LogP contribution in [0.3, 0.4) is 0 Å². The van der Waals surface area contributed by atoms with Crippen LogP contribution in [-0.4, -0.2) is 5.78 Å². The molecule has 3 rings (SSSR count). The predicted octanol–water partition coefficient (Wildman–Crippen LogP) is 5.51. The maximum Gasteiger partial charge on any atom is 0.159 e. The van der Waals surface area contributed by atoms with Gasteiger partial charge in [-0.3, -0.25) is 4.79 Å². The van der Waals surface area contributed by atoms with E-state index in [2.05, 4.69) is 0 Å². The smallest absolute Gasteiger partial charge is 0.159 e. The van der Waals surface area contributed by atoms with Crippen molar-refractivity contribution in [3.63, 3.8) is 0 Å². The first-order valence-electron chi connectivity index (χ1n) is 8.76. The molecule has 0 spiro atoms. The molecule has 3 aromatic carbocycles. The minimum absolute atomic E-state index is 0.0852. The van der Waals surface area contributed by atoms with Gasteiger partial charge in [0.15, 0.2) is 5.78 Å². The molecule has 0 heterocycles. The molecular formula is C24H21FO. The molecule has 130 valence electrons. The molecule has 3 aromatic rings. The van der Waals surface area contributed by atoms with Crippen LogP contribution < -0.4 is 0 Å². The number of allylic oxidation sites excluding steroid dienone is 1. The Hall–Kier alpha value is -3.00. The molecule has 0 bridgehead atoms. The third-order valence-corrected chi connectivity index (χ3v) is 4.36. The topological polar surface area (TPSA) is 17.1 Å². The van der Waals surface area contributed by atoms with E-state index < -0.39 is 0 Å². The summed E-state index contributed by atoms with van der Waals surface area (Å²) < 4.78 is 13.2. The first kappa shape index (κ1) is 17.8. The first-order valence-corrected chi connectivity index (χ1v) is 8.76. The van der Waals surface area contributed by atoms with Gasteiger partial charge in [0.25, 0.3) is 0 Å². The lowest BCUT2D eigenvalue weighted by Crippen LogP contribution is -2.18. The Morgan fingerprint density at radius 2 is 1.31 bits per heavy atom. The van der Waals surface area contributed by atoms with E-state index in [1.165, 1.54) is 12.1 Å². The van der Waals surface area contributed by atoms with Crippen LogP contribution in [0.1, 0.15) is 16.7 Å². The maximum absolute atomic E-state index is 13.2. The molecule has 1 atom stereocenters. The molecule has 0 amide bonds. The number of rotatable bonds is 7. The molecule has 2 heteroatoms. The number of hydrogen-bond acceptors (Lipinski definition) is 1. The van der Waals surface area contributed by atoms with Crippen LogP contribution in [0, 0.1) is 11.7 Å². The Labute approximate surface area is 153 Å². The van der Waals surface area contributed by atoms with Gasteiger partial charge in [-0.1, -0.05) is 78.9 Å². The lowest BCUT2D eigenvalue weighted by atomic mass is 9.88. The Morgan fingerprint density at radius 3 is 1.92 bits per heavy atom. The third-order valence-electron chi connectivity index (χ3n) is 4.36. The van der Waals surface area contributed by atoms with Crippen LogP contribution in [-0.2, 0) is 17.6 Å². The third kappa shape index (κ3) is 5.25. The van der Waals surface area contributed by atoms with Crippen molar-refractivity contribution in [2.75, 3.05) is 0 Å². The predicted molar refractivity (Wildman–Crippen MR) is 104 cm³/mol. The highest BCUT2D eigenvalue weighted by Gasteiger charge is 2.17. The van der Waals surface area contributed by atoms with Gasteiger partial charge in [-0.25, -0.2) is 4.39 Å². The van der Waals surface area contributed by atoms with Crippen LogP contribution in [0.5, 0.6) is 0 Å². The van der Waals surface area contributed by atoms with E-state index in [-0.39, 0.29) is 17.5 Å². The quantitative estimate of drug-likeness (QED) is 0.517. The number of carbonyl (C=O) groups excluding carboxylic acids is 1. The van der Waals surface area contributed by atoms with E-state index in [0.717, 1.165) is 16.7 Å². The van der Waals surface area contributed by atoms with Gasteiger partial charge in [-0.15, -0.1) is 0 Å². The van der Waals surface area contributed by atoms with E-state index in [1.807, 2.05) is 66.7 Å². The van der Waals surface area contributed by atoms with Crippen molar-refractivity contribution >= 4 is 11.9 Å². The van der Waals surface area contributed by atoms with Gasteiger partial charge in [-0.2, -0.15) is 0 Å². The zero-order valence-electron chi connectivity index (χ0n) is 14.5. The largest absolute Gasteiger partial charge is 0.295 e. The lowest BCUT2D eigenvalue weighted by molar-refractivity contribution is -0.118. The molecule has 26 heavy (non-hydrogen) atoms. The minimum Gasteiger partial charge on any atom is -0.295 e. The van der Waals surface area contributed by atoms with Crippen LogP contribution in [0.25, 0.3) is 6.08 Å². The Bertz CT molecular complexity index is 852. The summed E-state index contributed by atoms with van der Waals surface area (Å²) in [5.74, 6) is -0.353. The molecule has 0 saturated heterocycles. The second-order valence-corrected chi connectivity index (χ2v) is 6.36. The van der Waals surface area contributed by atoms with Crippen molar-refractivity contribution in [2.45, 2.75) is 12.8 Å². The monoisotopic (exact) mass is 344 g/mol. The minimum atomic E-state index is -0.261. The van der Waals surface area contributed by atoms with Crippen molar-refractivity contribution in [2.24, 2.45) is 5.92 Å². The van der Waals surface area contributed by atoms with Crippen molar-refractivity contribution in [3.05, 3.63) is 114 Å². The summed E-state index contributed by atoms with van der Waals surface area (Å²) in [4.78, 5) is 12.8. The molecule has 0 radical (unpaired) electrons. The average molecular weight is 344 g/mol. The summed E-state index contributed by atoms with van der Waals surface area (Å²) >= 11 is 0. The Balaban J connectivity index is 1.78. The molecule has 0 fully saturated rings. The van der Waals surface area contributed by atoms with Crippen LogP contribution in [0.2, 0.25) is 0 Å². The number of benzene rings is 3. The summed E-state index contributed by atoms with van der Waals surface area (Å²) in [7, 11) is 0. The van der Waals surface area contributed by atoms with E-state index in [9.17, 15) is 9.18 Å². The van der Waals surface area contributed by atoms with E-state index >= 15 is 0 Å². The van der Waals surface area contributed by atoms with E-state index in [1.54, 1.807) is 18.2 Å². The van der Waals surface area contributed by atoms with E-state index in [0.29, 0.717) is 12.8 Å². The van der Waals surface area contributed by atoms with Gasteiger partial charge in [0.05, 0.1) is 0 Å². The van der Waals surface area contributed by atoms with Crippen LogP contribution in [0.15, 0.2) is 91.0 Å². The number of halogens is 1. The van der Waals surface area contributed by atoms with E-state index in [4.69, 9.17) is 0 Å². The van der Waals surface area contributed by atoms with Gasteiger partial charge in [0.1, 0.15) is 5.82 Å². The second kappa shape index (κ2) is 8.91. The Morgan fingerprint density at radius 1 is 0.769 bits per heavy atom. The molecule has 0 aliphatic carbocycles. The van der Waals surface area contributed by atoms with Gasteiger partial charge in [0.2, 0.25) is 0 Å². The normalized spacial score (nSPS) is 12.2. The fourth-order valence-electron chi connectivity index (χ4n) is 2.96. The van der Waals surface area contributed by atoms with Gasteiger partial charge in [0, 0.05) is 5.92 Å². The highest BCUT2D eigenvalue weighted by Crippen LogP contribution is 2.18. The maximum atomic E-state index is 13.2. The summed E-state index contributed by atoms with van der Waals surface area (Å²) in [5.41, 5.74) is 3.09. The Kier molecular flexibility index (Phi) is 6.10. The number of carbonyl (C=O) groups is 1. The molecule has 0 aromatic heterocycles. The van der Waals surface area contributed by atoms with Gasteiger partial charge < -0.3 is 0 Å². The zero-order chi connectivity index (χ0) is 18.2. The second-order valence-electron chi connectivity index (χ2n) is 6.36. The first-order chi connectivity index (χ1) is 12.7. The highest BCUT2D eigenvalue weighted by atomic mass is 19.1. The lowest BCUT2D eigenvalue weighted by Gasteiger charge is -2.14. The van der Waals surface area contributed by atoms with Crippen molar-refractivity contribution < 1.29 is 9.18 Å². The number of hydrogen-bond donors (Lipinski definition) is 0. The summed E-state index contributed by atoms with van der Waals surface area (Å²) in [6.45, 7) is 0. The molecule has 1 nitrogen and oxygen atoms in total. The molecule has 0 N–H and O–H groups in total. The SMILES string of the molecule is O=C(C=Cc1ccccc1)C(Cc1ccccc1)Cc1ccc(F)cc1. The van der Waals surface area contributed by atoms with Gasteiger partial charge in [-0.05, 0) is 47.7 Å². The molecular weight excluding hydrogens is 323 g/mol.